The molecule has 0 aromatic carbocycles. The molecule has 2 aromatic heterocycles. The molecule has 0 unspecified atom stereocenters. The Balaban J connectivity index is 0.000000771. The maximum atomic E-state index is 12.5. The van der Waals surface area contributed by atoms with E-state index in [1.54, 1.807) is 6.92 Å². The molecule has 0 fully saturated rings. The van der Waals surface area contributed by atoms with Crippen LogP contribution in [0, 0.1) is 6.92 Å². The van der Waals surface area contributed by atoms with Gasteiger partial charge >= 0.3 is 6.18 Å². The molecule has 3 nitrogen and oxygen atoms in total. The molecule has 2 aromatic rings. The minimum Gasteiger partial charge on any atom is -0.392 e. The molecular weight excluding hydrogens is 245 g/mol. The zero-order valence-corrected chi connectivity index (χ0v) is 10.4. The second kappa shape index (κ2) is 5.39. The molecule has 1 N–H and O–H groups in total. The SMILES string of the molecule is CC.Cc1cn2cc(C(F)(F)F)cc(CO)c2n1. The Morgan fingerprint density at radius 2 is 1.89 bits per heavy atom. The highest BCUT2D eigenvalue weighted by Crippen LogP contribution is 2.30. The van der Waals surface area contributed by atoms with E-state index in [-0.39, 0.29) is 5.56 Å². The van der Waals surface area contributed by atoms with Crippen molar-refractivity contribution >= 4 is 5.65 Å². The average Bonchev–Trinajstić information content (AvgIpc) is 2.69. The molecule has 0 atom stereocenters. The summed E-state index contributed by atoms with van der Waals surface area (Å²) in [6, 6.07) is 0.918. The molecule has 0 radical (unpaired) electrons. The third kappa shape index (κ3) is 2.81. The standard InChI is InChI=1S/C10H9F3N2O.C2H6/c1-6-3-15-4-8(10(11,12)13)2-7(5-16)9(15)14-6;1-2/h2-4,16H,5H2,1H3;1-2H3. The minimum atomic E-state index is -4.42. The number of nitrogens with zero attached hydrogens (tertiary/aromatic N) is 2. The topological polar surface area (TPSA) is 37.5 Å². The zero-order valence-electron chi connectivity index (χ0n) is 10.4. The van der Waals surface area contributed by atoms with E-state index in [9.17, 15) is 13.2 Å². The van der Waals surface area contributed by atoms with Crippen molar-refractivity contribution in [3.63, 3.8) is 0 Å². The van der Waals surface area contributed by atoms with Crippen LogP contribution >= 0.6 is 0 Å². The number of pyridine rings is 1. The molecule has 2 heterocycles. The van der Waals surface area contributed by atoms with Gasteiger partial charge in [0.05, 0.1) is 17.9 Å². The van der Waals surface area contributed by atoms with Gasteiger partial charge in [-0.15, -0.1) is 0 Å². The number of alkyl halides is 3. The smallest absolute Gasteiger partial charge is 0.392 e. The number of halogens is 3. The van der Waals surface area contributed by atoms with Crippen LogP contribution < -0.4 is 0 Å². The van der Waals surface area contributed by atoms with Crippen molar-refractivity contribution < 1.29 is 18.3 Å². The highest BCUT2D eigenvalue weighted by Gasteiger charge is 2.31. The second-order valence-electron chi connectivity index (χ2n) is 3.52. The fourth-order valence-electron chi connectivity index (χ4n) is 1.56. The third-order valence-electron chi connectivity index (χ3n) is 2.25. The van der Waals surface area contributed by atoms with Gasteiger partial charge in [0.2, 0.25) is 0 Å². The van der Waals surface area contributed by atoms with Crippen molar-refractivity contribution in [2.45, 2.75) is 33.6 Å². The molecule has 18 heavy (non-hydrogen) atoms. The Morgan fingerprint density at radius 1 is 1.28 bits per heavy atom. The lowest BCUT2D eigenvalue weighted by Crippen LogP contribution is -2.08. The number of hydrogen-bond acceptors (Lipinski definition) is 2. The van der Waals surface area contributed by atoms with Crippen LogP contribution in [-0.2, 0) is 12.8 Å². The van der Waals surface area contributed by atoms with Crippen LogP contribution in [0.1, 0.15) is 30.7 Å². The van der Waals surface area contributed by atoms with Gasteiger partial charge in [-0.2, -0.15) is 13.2 Å². The normalized spacial score (nSPS) is 11.3. The molecule has 6 heteroatoms. The number of fused-ring (bicyclic) bond motifs is 1. The van der Waals surface area contributed by atoms with Gasteiger partial charge in [0.25, 0.3) is 0 Å². The van der Waals surface area contributed by atoms with E-state index in [0.29, 0.717) is 11.3 Å². The first-order valence-electron chi connectivity index (χ1n) is 5.58. The van der Waals surface area contributed by atoms with Gasteiger partial charge in [-0.25, -0.2) is 4.98 Å². The Labute approximate surface area is 103 Å². The van der Waals surface area contributed by atoms with Crippen molar-refractivity contribution in [2.24, 2.45) is 0 Å². The van der Waals surface area contributed by atoms with E-state index < -0.39 is 18.3 Å². The van der Waals surface area contributed by atoms with Crippen molar-refractivity contribution in [3.05, 3.63) is 35.3 Å². The molecule has 0 amide bonds. The van der Waals surface area contributed by atoms with Gasteiger partial charge in [0, 0.05) is 18.0 Å². The first-order valence-corrected chi connectivity index (χ1v) is 5.58. The number of aromatic nitrogens is 2. The summed E-state index contributed by atoms with van der Waals surface area (Å²) in [7, 11) is 0. The lowest BCUT2D eigenvalue weighted by Gasteiger charge is -2.09. The van der Waals surface area contributed by atoms with E-state index in [0.717, 1.165) is 12.3 Å². The maximum Gasteiger partial charge on any atom is 0.417 e. The molecule has 0 bridgehead atoms. The molecular formula is C12H15F3N2O. The number of rotatable bonds is 1. The molecule has 0 aliphatic rings. The largest absolute Gasteiger partial charge is 0.417 e. The summed E-state index contributed by atoms with van der Waals surface area (Å²) in [5.74, 6) is 0. The summed E-state index contributed by atoms with van der Waals surface area (Å²) in [5, 5.41) is 9.01. The lowest BCUT2D eigenvalue weighted by molar-refractivity contribution is -0.137. The predicted molar refractivity (Wildman–Crippen MR) is 62.2 cm³/mol. The van der Waals surface area contributed by atoms with E-state index in [1.165, 1.54) is 10.6 Å². The van der Waals surface area contributed by atoms with Crippen molar-refractivity contribution in [1.29, 1.82) is 0 Å². The monoisotopic (exact) mass is 260 g/mol. The molecule has 0 aliphatic heterocycles. The number of aliphatic hydroxyl groups excluding tert-OH is 1. The van der Waals surface area contributed by atoms with Gasteiger partial charge in [-0.3, -0.25) is 0 Å². The van der Waals surface area contributed by atoms with Crippen LogP contribution in [0.2, 0.25) is 0 Å². The minimum absolute atomic E-state index is 0.169. The summed E-state index contributed by atoms with van der Waals surface area (Å²) >= 11 is 0. The molecule has 0 saturated heterocycles. The van der Waals surface area contributed by atoms with Crippen LogP contribution in [0.25, 0.3) is 5.65 Å². The number of aliphatic hydroxyl groups is 1. The van der Waals surface area contributed by atoms with Gasteiger partial charge in [0.1, 0.15) is 5.65 Å². The van der Waals surface area contributed by atoms with Gasteiger partial charge in [-0.1, -0.05) is 13.8 Å². The van der Waals surface area contributed by atoms with E-state index >= 15 is 0 Å². The highest BCUT2D eigenvalue weighted by atomic mass is 19.4. The quantitative estimate of drug-likeness (QED) is 0.855. The van der Waals surface area contributed by atoms with Gasteiger partial charge in [-0.05, 0) is 13.0 Å². The lowest BCUT2D eigenvalue weighted by atomic mass is 10.2. The fraction of sp³-hybridized carbons (Fsp3) is 0.417. The summed E-state index contributed by atoms with van der Waals surface area (Å²) in [6.45, 7) is 5.21. The van der Waals surface area contributed by atoms with E-state index in [1.807, 2.05) is 13.8 Å². The van der Waals surface area contributed by atoms with E-state index in [4.69, 9.17) is 5.11 Å². The molecule has 0 saturated carbocycles. The van der Waals surface area contributed by atoms with Crippen LogP contribution in [0.4, 0.5) is 13.2 Å². The van der Waals surface area contributed by atoms with Crippen LogP contribution in [0.15, 0.2) is 18.5 Å². The maximum absolute atomic E-state index is 12.5. The Hall–Kier alpha value is -1.56. The highest BCUT2D eigenvalue weighted by molar-refractivity contribution is 5.50. The third-order valence-corrected chi connectivity index (χ3v) is 2.25. The number of hydrogen-bond donors (Lipinski definition) is 1. The van der Waals surface area contributed by atoms with Crippen LogP contribution in [0.3, 0.4) is 0 Å². The molecule has 0 spiro atoms. The van der Waals surface area contributed by atoms with Crippen LogP contribution in [0.5, 0.6) is 0 Å². The zero-order chi connectivity index (χ0) is 13.9. The summed E-state index contributed by atoms with van der Waals surface area (Å²) in [6.07, 6.45) is -1.96. The van der Waals surface area contributed by atoms with Crippen molar-refractivity contribution in [1.82, 2.24) is 9.38 Å². The number of aryl methyl sites for hydroxylation is 1. The van der Waals surface area contributed by atoms with Gasteiger partial charge in [0.15, 0.2) is 0 Å². The molecule has 2 rings (SSSR count). The second-order valence-corrected chi connectivity index (χ2v) is 3.52. The first kappa shape index (κ1) is 14.5. The molecule has 0 aliphatic carbocycles. The number of imidazole rings is 1. The predicted octanol–water partition coefficient (Wildman–Crippen LogP) is 3.18. The Bertz CT molecular complexity index is 532. The summed E-state index contributed by atoms with van der Waals surface area (Å²) in [5.41, 5.74) is 0.339. The Kier molecular flexibility index (Phi) is 4.34. The fourth-order valence-corrected chi connectivity index (χ4v) is 1.56. The molecule has 100 valence electrons. The summed E-state index contributed by atoms with van der Waals surface area (Å²) < 4.78 is 38.9. The average molecular weight is 260 g/mol. The van der Waals surface area contributed by atoms with Crippen molar-refractivity contribution in [2.75, 3.05) is 0 Å². The summed E-state index contributed by atoms with van der Waals surface area (Å²) in [4.78, 5) is 4.04. The van der Waals surface area contributed by atoms with Crippen molar-refractivity contribution in [3.8, 4) is 0 Å². The van der Waals surface area contributed by atoms with Gasteiger partial charge < -0.3 is 9.51 Å². The van der Waals surface area contributed by atoms with Crippen LogP contribution in [-0.4, -0.2) is 14.5 Å². The first-order chi connectivity index (χ1) is 8.41. The Morgan fingerprint density at radius 3 is 2.39 bits per heavy atom. The van der Waals surface area contributed by atoms with E-state index in [2.05, 4.69) is 4.98 Å².